The Morgan fingerprint density at radius 1 is 1.03 bits per heavy atom. The number of ether oxygens (including phenoxy) is 1. The number of carbonyl (C=O) groups excluding carboxylic acids is 1. The minimum Gasteiger partial charge on any atom is -0.365 e. The van der Waals surface area contributed by atoms with E-state index in [-0.39, 0.29) is 18.6 Å². The molecule has 0 spiro atoms. The summed E-state index contributed by atoms with van der Waals surface area (Å²) in [5.41, 5.74) is 1.99. The average Bonchev–Trinajstić information content (AvgIpc) is 3.21. The summed E-state index contributed by atoms with van der Waals surface area (Å²) in [5, 5.41) is 11.6. The van der Waals surface area contributed by atoms with Gasteiger partial charge in [0, 0.05) is 18.5 Å². The van der Waals surface area contributed by atoms with E-state index < -0.39 is 17.8 Å². The fourth-order valence-electron chi connectivity index (χ4n) is 4.20. The molecule has 0 saturated heterocycles. The Hall–Kier alpha value is -3.20. The second-order valence-electron chi connectivity index (χ2n) is 8.49. The smallest absolute Gasteiger partial charge is 0.365 e. The zero-order valence-electron chi connectivity index (χ0n) is 18.9. The molecule has 1 aromatic heterocycles. The van der Waals surface area contributed by atoms with Crippen LogP contribution in [0.4, 0.5) is 13.2 Å². The van der Waals surface area contributed by atoms with Crippen LogP contribution in [0.15, 0.2) is 54.6 Å². The lowest BCUT2D eigenvalue weighted by Gasteiger charge is -2.26. The number of nitrogens with one attached hydrogen (secondary N) is 1. The Labute approximate surface area is 196 Å². The van der Waals surface area contributed by atoms with Crippen LogP contribution in [0.1, 0.15) is 55.5 Å². The predicted octanol–water partition coefficient (Wildman–Crippen LogP) is 5.30. The Bertz CT molecular complexity index is 1100. The highest BCUT2D eigenvalue weighted by Gasteiger charge is 2.30. The standard InChI is InChI=1S/C25H27F3N4O2/c1-17-24(19-8-4-2-5-9-19)34-16-21-23(18-11-13-20(14-12-18)25(26,27)28)32(31-30-21)15-7-3-6-10-22(33)29-17/h2,4-5,8-9,11-14,17,24H,3,6-7,10,15-16H2,1H3,(H,29,33)/t17-,24-/m0/s1. The first-order valence-electron chi connectivity index (χ1n) is 11.4. The molecule has 4 rings (SSSR count). The summed E-state index contributed by atoms with van der Waals surface area (Å²) in [6.45, 7) is 2.54. The third kappa shape index (κ3) is 5.64. The van der Waals surface area contributed by atoms with Crippen LogP contribution in [0.5, 0.6) is 0 Å². The molecule has 2 atom stereocenters. The molecule has 1 aliphatic rings. The number of halogens is 3. The highest BCUT2D eigenvalue weighted by Crippen LogP contribution is 2.32. The topological polar surface area (TPSA) is 69.0 Å². The van der Waals surface area contributed by atoms with Crippen LogP contribution in [0, 0.1) is 0 Å². The van der Waals surface area contributed by atoms with Crippen molar-refractivity contribution in [3.8, 4) is 11.3 Å². The molecule has 2 bridgehead atoms. The normalized spacial score (nSPS) is 20.4. The summed E-state index contributed by atoms with van der Waals surface area (Å²) in [4.78, 5) is 12.4. The lowest BCUT2D eigenvalue weighted by Crippen LogP contribution is -2.38. The van der Waals surface area contributed by atoms with Gasteiger partial charge in [0.25, 0.3) is 0 Å². The van der Waals surface area contributed by atoms with Gasteiger partial charge in [-0.1, -0.05) is 54.1 Å². The Balaban J connectivity index is 1.68. The maximum atomic E-state index is 13.1. The van der Waals surface area contributed by atoms with Crippen LogP contribution in [0.25, 0.3) is 11.3 Å². The summed E-state index contributed by atoms with van der Waals surface area (Å²) in [6.07, 6.45) is -2.10. The Morgan fingerprint density at radius 2 is 1.76 bits per heavy atom. The predicted molar refractivity (Wildman–Crippen MR) is 121 cm³/mol. The van der Waals surface area contributed by atoms with E-state index in [4.69, 9.17) is 4.74 Å². The average molecular weight is 473 g/mol. The van der Waals surface area contributed by atoms with Gasteiger partial charge in [-0.2, -0.15) is 13.2 Å². The number of fused-ring (bicyclic) bond motifs is 2. The number of hydrogen-bond donors (Lipinski definition) is 1. The van der Waals surface area contributed by atoms with Crippen molar-refractivity contribution in [1.29, 1.82) is 0 Å². The lowest BCUT2D eigenvalue weighted by atomic mass is 10.0. The number of carbonyl (C=O) groups is 1. The number of nitrogens with zero attached hydrogens (tertiary/aromatic N) is 3. The largest absolute Gasteiger partial charge is 0.416 e. The fraction of sp³-hybridized carbons (Fsp3) is 0.400. The van der Waals surface area contributed by atoms with Crippen molar-refractivity contribution in [3.05, 3.63) is 71.4 Å². The molecule has 6 nitrogen and oxygen atoms in total. The van der Waals surface area contributed by atoms with Crippen LogP contribution < -0.4 is 5.32 Å². The van der Waals surface area contributed by atoms with E-state index in [1.54, 1.807) is 4.68 Å². The van der Waals surface area contributed by atoms with Gasteiger partial charge in [-0.25, -0.2) is 4.68 Å². The number of aromatic nitrogens is 3. The van der Waals surface area contributed by atoms with Gasteiger partial charge in [0.2, 0.25) is 5.91 Å². The van der Waals surface area contributed by atoms with Crippen molar-refractivity contribution in [2.75, 3.05) is 0 Å². The number of rotatable bonds is 2. The molecular formula is C25H27F3N4O2. The quantitative estimate of drug-likeness (QED) is 0.550. The van der Waals surface area contributed by atoms with Crippen molar-refractivity contribution >= 4 is 5.91 Å². The summed E-state index contributed by atoms with van der Waals surface area (Å²) in [6, 6.07) is 14.3. The van der Waals surface area contributed by atoms with Gasteiger partial charge < -0.3 is 10.1 Å². The van der Waals surface area contributed by atoms with Gasteiger partial charge in [0.15, 0.2) is 0 Å². The van der Waals surface area contributed by atoms with Crippen LogP contribution in [0.2, 0.25) is 0 Å². The fourth-order valence-corrected chi connectivity index (χ4v) is 4.20. The summed E-state index contributed by atoms with van der Waals surface area (Å²) in [7, 11) is 0. The zero-order chi connectivity index (χ0) is 24.1. The van der Waals surface area contributed by atoms with E-state index in [9.17, 15) is 18.0 Å². The minimum atomic E-state index is -4.40. The van der Waals surface area contributed by atoms with Gasteiger partial charge in [0.1, 0.15) is 11.8 Å². The van der Waals surface area contributed by atoms with Crippen molar-refractivity contribution in [2.24, 2.45) is 0 Å². The summed E-state index contributed by atoms with van der Waals surface area (Å²) < 4.78 is 47.2. The van der Waals surface area contributed by atoms with E-state index in [2.05, 4.69) is 15.6 Å². The van der Waals surface area contributed by atoms with Crippen molar-refractivity contribution in [1.82, 2.24) is 20.3 Å². The molecule has 3 aromatic rings. The van der Waals surface area contributed by atoms with Crippen molar-refractivity contribution < 1.29 is 22.7 Å². The third-order valence-corrected chi connectivity index (χ3v) is 5.93. The second-order valence-corrected chi connectivity index (χ2v) is 8.49. The minimum absolute atomic E-state index is 0.0172. The number of aryl methyl sites for hydroxylation is 1. The third-order valence-electron chi connectivity index (χ3n) is 5.93. The molecule has 180 valence electrons. The molecule has 0 unspecified atom stereocenters. The molecule has 0 fully saturated rings. The maximum absolute atomic E-state index is 13.1. The van der Waals surface area contributed by atoms with E-state index in [0.717, 1.165) is 37.0 Å². The molecule has 1 amide bonds. The number of benzene rings is 2. The molecule has 1 aliphatic heterocycles. The van der Waals surface area contributed by atoms with Gasteiger partial charge in [0.05, 0.1) is 23.9 Å². The molecule has 9 heteroatoms. The number of hydrogen-bond acceptors (Lipinski definition) is 4. The van der Waals surface area contributed by atoms with E-state index >= 15 is 0 Å². The monoisotopic (exact) mass is 472 g/mol. The van der Waals surface area contributed by atoms with Gasteiger partial charge in [-0.15, -0.1) is 5.10 Å². The van der Waals surface area contributed by atoms with Crippen LogP contribution in [-0.4, -0.2) is 26.9 Å². The van der Waals surface area contributed by atoms with Crippen LogP contribution in [-0.2, 0) is 28.9 Å². The summed E-state index contributed by atoms with van der Waals surface area (Å²) in [5.74, 6) is -0.0172. The highest BCUT2D eigenvalue weighted by atomic mass is 19.4. The van der Waals surface area contributed by atoms with E-state index in [0.29, 0.717) is 29.9 Å². The first kappa shape index (κ1) is 23.9. The second kappa shape index (κ2) is 10.4. The Kier molecular flexibility index (Phi) is 7.31. The number of amides is 1. The van der Waals surface area contributed by atoms with Crippen LogP contribution >= 0.6 is 0 Å². The molecule has 2 aromatic carbocycles. The van der Waals surface area contributed by atoms with E-state index in [1.807, 2.05) is 37.3 Å². The van der Waals surface area contributed by atoms with Gasteiger partial charge in [-0.3, -0.25) is 4.79 Å². The van der Waals surface area contributed by atoms with Crippen molar-refractivity contribution in [2.45, 2.75) is 64.1 Å². The maximum Gasteiger partial charge on any atom is 0.416 e. The first-order chi connectivity index (χ1) is 16.3. The molecule has 34 heavy (non-hydrogen) atoms. The lowest BCUT2D eigenvalue weighted by molar-refractivity contribution is -0.137. The molecule has 0 saturated carbocycles. The molecule has 0 radical (unpaired) electrons. The van der Waals surface area contributed by atoms with Crippen molar-refractivity contribution in [3.63, 3.8) is 0 Å². The molecular weight excluding hydrogens is 445 g/mol. The van der Waals surface area contributed by atoms with E-state index in [1.165, 1.54) is 12.1 Å². The van der Waals surface area contributed by atoms with Gasteiger partial charge >= 0.3 is 6.18 Å². The highest BCUT2D eigenvalue weighted by molar-refractivity contribution is 5.76. The SMILES string of the molecule is C[C@@H]1NC(=O)CCCCCn2nnc(c2-c2ccc(C(F)(F)F)cc2)CO[C@@H]1c1ccccc1. The first-order valence-corrected chi connectivity index (χ1v) is 11.4. The van der Waals surface area contributed by atoms with Gasteiger partial charge in [-0.05, 0) is 37.5 Å². The molecule has 0 aliphatic carbocycles. The molecule has 1 N–H and O–H groups in total. The zero-order valence-corrected chi connectivity index (χ0v) is 18.9. The summed E-state index contributed by atoms with van der Waals surface area (Å²) >= 11 is 0. The van der Waals surface area contributed by atoms with Crippen LogP contribution in [0.3, 0.4) is 0 Å². The Morgan fingerprint density at radius 3 is 2.47 bits per heavy atom. The number of alkyl halides is 3. The molecule has 2 heterocycles.